The van der Waals surface area contributed by atoms with Crippen molar-refractivity contribution in [1.29, 1.82) is 0 Å². The molecule has 2 aromatic carbocycles. The average Bonchev–Trinajstić information content (AvgIpc) is 3.46. The van der Waals surface area contributed by atoms with Crippen LogP contribution < -0.4 is 10.2 Å². The summed E-state index contributed by atoms with van der Waals surface area (Å²) in [6.07, 6.45) is 0.624. The summed E-state index contributed by atoms with van der Waals surface area (Å²) in [4.78, 5) is 42.8. The lowest BCUT2D eigenvalue weighted by Crippen LogP contribution is -2.39. The third-order valence-corrected chi connectivity index (χ3v) is 7.25. The number of hydrogen-bond donors (Lipinski definition) is 1. The van der Waals surface area contributed by atoms with Gasteiger partial charge in [0.2, 0.25) is 5.91 Å². The summed E-state index contributed by atoms with van der Waals surface area (Å²) in [7, 11) is 0. The summed E-state index contributed by atoms with van der Waals surface area (Å²) in [5.41, 5.74) is 1.50. The summed E-state index contributed by atoms with van der Waals surface area (Å²) in [6, 6.07) is 16.5. The maximum absolute atomic E-state index is 13.6. The molecule has 0 radical (unpaired) electrons. The molecule has 1 aromatic heterocycles. The molecule has 1 saturated heterocycles. The lowest BCUT2D eigenvalue weighted by atomic mass is 10.1. The molecular formula is C26H24ClN3O4S2. The van der Waals surface area contributed by atoms with E-state index >= 15 is 0 Å². The molecule has 0 spiro atoms. The van der Waals surface area contributed by atoms with E-state index in [0.717, 1.165) is 4.88 Å². The van der Waals surface area contributed by atoms with E-state index < -0.39 is 12.0 Å². The molecule has 1 N–H and O–H groups in total. The molecule has 2 amide bonds. The monoisotopic (exact) mass is 541 g/mol. The summed E-state index contributed by atoms with van der Waals surface area (Å²) in [6.45, 7) is 2.50. The van der Waals surface area contributed by atoms with Gasteiger partial charge in [0.25, 0.3) is 5.91 Å². The molecule has 0 saturated carbocycles. The number of carbonyl (C=O) groups excluding carboxylic acids is 3. The molecule has 1 atom stereocenters. The maximum Gasteiger partial charge on any atom is 0.338 e. The van der Waals surface area contributed by atoms with Gasteiger partial charge < -0.3 is 15.0 Å². The van der Waals surface area contributed by atoms with Crippen LogP contribution in [-0.4, -0.2) is 47.0 Å². The van der Waals surface area contributed by atoms with Crippen molar-refractivity contribution < 1.29 is 19.1 Å². The minimum atomic E-state index is -0.755. The van der Waals surface area contributed by atoms with E-state index in [9.17, 15) is 14.4 Å². The molecule has 1 aliphatic rings. The number of halogens is 1. The lowest BCUT2D eigenvalue weighted by Gasteiger charge is -2.23. The number of ether oxygens (including phenoxy) is 1. The van der Waals surface area contributed by atoms with Gasteiger partial charge in [-0.1, -0.05) is 17.7 Å². The van der Waals surface area contributed by atoms with Crippen LogP contribution in [0.5, 0.6) is 0 Å². The van der Waals surface area contributed by atoms with E-state index in [1.54, 1.807) is 71.7 Å². The zero-order chi connectivity index (χ0) is 25.7. The minimum absolute atomic E-state index is 0.0660. The Morgan fingerprint density at radius 2 is 1.83 bits per heavy atom. The molecular weight excluding hydrogens is 518 g/mol. The molecule has 186 valence electrons. The predicted molar refractivity (Wildman–Crippen MR) is 146 cm³/mol. The van der Waals surface area contributed by atoms with Crippen molar-refractivity contribution in [2.75, 3.05) is 23.4 Å². The number of amides is 2. The molecule has 0 unspecified atom stereocenters. The van der Waals surface area contributed by atoms with Crippen molar-refractivity contribution >= 4 is 69.4 Å². The number of nitrogens with zero attached hydrogens (tertiary/aromatic N) is 2. The number of rotatable bonds is 9. The smallest absolute Gasteiger partial charge is 0.338 e. The standard InChI is InChI=1S/C26H24ClN3O4S2/c1-2-34-25(33)17-5-11-20(12-6-17)30-24(32)22(16-23(31)28-19-9-7-18(27)8-10-19)29(26(30)35)14-13-21-4-3-15-36-21/h3-12,15,22H,2,13-14,16H2,1H3,(H,28,31)/t22-/m1/s1. The number of carbonyl (C=O) groups is 3. The first-order valence-corrected chi connectivity index (χ1v) is 13.0. The number of anilines is 2. The fourth-order valence-corrected chi connectivity index (χ4v) is 5.13. The van der Waals surface area contributed by atoms with E-state index in [2.05, 4.69) is 5.32 Å². The van der Waals surface area contributed by atoms with E-state index in [-0.39, 0.29) is 24.8 Å². The number of nitrogens with one attached hydrogen (secondary N) is 1. The summed E-state index contributed by atoms with van der Waals surface area (Å²) in [5, 5.41) is 5.71. The molecule has 4 rings (SSSR count). The van der Waals surface area contributed by atoms with Gasteiger partial charge in [-0.25, -0.2) is 4.79 Å². The highest BCUT2D eigenvalue weighted by atomic mass is 35.5. The zero-order valence-electron chi connectivity index (χ0n) is 19.5. The number of thiophene rings is 1. The van der Waals surface area contributed by atoms with Crippen molar-refractivity contribution in [3.05, 3.63) is 81.5 Å². The van der Waals surface area contributed by atoms with Crippen LogP contribution in [0.2, 0.25) is 5.02 Å². The van der Waals surface area contributed by atoms with Crippen LogP contribution in [-0.2, 0) is 20.7 Å². The van der Waals surface area contributed by atoms with E-state index in [4.69, 9.17) is 28.6 Å². The minimum Gasteiger partial charge on any atom is -0.462 e. The SMILES string of the molecule is CCOC(=O)c1ccc(N2C(=O)[C@@H](CC(=O)Nc3ccc(Cl)cc3)N(CCc3cccs3)C2=S)cc1. The van der Waals surface area contributed by atoms with Crippen LogP contribution >= 0.6 is 35.2 Å². The van der Waals surface area contributed by atoms with Crippen molar-refractivity contribution in [2.24, 2.45) is 0 Å². The third-order valence-electron chi connectivity index (χ3n) is 5.64. The van der Waals surface area contributed by atoms with Gasteiger partial charge >= 0.3 is 5.97 Å². The van der Waals surface area contributed by atoms with Crippen LogP contribution in [0.3, 0.4) is 0 Å². The fourth-order valence-electron chi connectivity index (χ4n) is 3.89. The van der Waals surface area contributed by atoms with Gasteiger partial charge in [0.05, 0.1) is 24.3 Å². The van der Waals surface area contributed by atoms with Gasteiger partial charge in [0, 0.05) is 22.1 Å². The van der Waals surface area contributed by atoms with Gasteiger partial charge in [-0.05, 0) is 85.5 Å². The largest absolute Gasteiger partial charge is 0.462 e. The van der Waals surface area contributed by atoms with Crippen molar-refractivity contribution in [2.45, 2.75) is 25.8 Å². The first-order valence-electron chi connectivity index (χ1n) is 11.4. The van der Waals surface area contributed by atoms with Gasteiger partial charge in [0.15, 0.2) is 5.11 Å². The van der Waals surface area contributed by atoms with Crippen LogP contribution in [0.4, 0.5) is 11.4 Å². The molecule has 0 bridgehead atoms. The Balaban J connectivity index is 1.54. The van der Waals surface area contributed by atoms with Gasteiger partial charge in [0.1, 0.15) is 6.04 Å². The fraction of sp³-hybridized carbons (Fsp3) is 0.231. The Morgan fingerprint density at radius 3 is 2.47 bits per heavy atom. The molecule has 0 aliphatic carbocycles. The van der Waals surface area contributed by atoms with Crippen LogP contribution in [0, 0.1) is 0 Å². The first kappa shape index (κ1) is 25.8. The first-order chi connectivity index (χ1) is 17.4. The summed E-state index contributed by atoms with van der Waals surface area (Å²) >= 11 is 13.3. The van der Waals surface area contributed by atoms with E-state index in [0.29, 0.717) is 40.0 Å². The Hall–Kier alpha value is -3.27. The van der Waals surface area contributed by atoms with Gasteiger partial charge in [-0.2, -0.15) is 0 Å². The zero-order valence-corrected chi connectivity index (χ0v) is 21.9. The quantitative estimate of drug-likeness (QED) is 0.298. The molecule has 3 aromatic rings. The predicted octanol–water partition coefficient (Wildman–Crippen LogP) is 5.15. The molecule has 2 heterocycles. The molecule has 1 aliphatic heterocycles. The van der Waals surface area contributed by atoms with E-state index in [1.165, 1.54) is 4.90 Å². The van der Waals surface area contributed by atoms with Crippen molar-refractivity contribution in [3.63, 3.8) is 0 Å². The van der Waals surface area contributed by atoms with Crippen molar-refractivity contribution in [3.8, 4) is 0 Å². The number of thiocarbonyl (C=S) groups is 1. The van der Waals surface area contributed by atoms with Crippen molar-refractivity contribution in [1.82, 2.24) is 4.90 Å². The lowest BCUT2D eigenvalue weighted by molar-refractivity contribution is -0.124. The van der Waals surface area contributed by atoms with Crippen LogP contribution in [0.1, 0.15) is 28.6 Å². The summed E-state index contributed by atoms with van der Waals surface area (Å²) < 4.78 is 5.03. The highest BCUT2D eigenvalue weighted by molar-refractivity contribution is 7.80. The third kappa shape index (κ3) is 5.92. The number of esters is 1. The second-order valence-corrected chi connectivity index (χ2v) is 9.86. The number of benzene rings is 2. The average molecular weight is 542 g/mol. The van der Waals surface area contributed by atoms with Gasteiger partial charge in [-0.15, -0.1) is 11.3 Å². The highest BCUT2D eigenvalue weighted by Gasteiger charge is 2.44. The molecule has 10 heteroatoms. The molecule has 36 heavy (non-hydrogen) atoms. The Kier molecular flexibility index (Phi) is 8.35. The normalized spacial score (nSPS) is 15.3. The van der Waals surface area contributed by atoms with Crippen LogP contribution in [0.25, 0.3) is 0 Å². The maximum atomic E-state index is 13.6. The second-order valence-electron chi connectivity index (χ2n) is 8.02. The van der Waals surface area contributed by atoms with Crippen LogP contribution in [0.15, 0.2) is 66.0 Å². The molecule has 1 fully saturated rings. The second kappa shape index (κ2) is 11.6. The summed E-state index contributed by atoms with van der Waals surface area (Å²) in [5.74, 6) is -1.03. The highest BCUT2D eigenvalue weighted by Crippen LogP contribution is 2.28. The van der Waals surface area contributed by atoms with E-state index in [1.807, 2.05) is 17.5 Å². The van der Waals surface area contributed by atoms with Gasteiger partial charge in [-0.3, -0.25) is 14.5 Å². The Morgan fingerprint density at radius 1 is 1.11 bits per heavy atom. The Labute approximate surface area is 223 Å². The Bertz CT molecular complexity index is 1250. The molecule has 7 nitrogen and oxygen atoms in total. The topological polar surface area (TPSA) is 78.9 Å². The number of hydrogen-bond acceptors (Lipinski definition) is 6.